The molecule has 1 aromatic rings. The van der Waals surface area contributed by atoms with Crippen molar-refractivity contribution < 1.29 is 9.90 Å². The third-order valence-electron chi connectivity index (χ3n) is 3.22. The zero-order valence-corrected chi connectivity index (χ0v) is 10.5. The number of hydrogen-bond acceptors (Lipinski definition) is 2. The van der Waals surface area contributed by atoms with E-state index in [1.807, 2.05) is 0 Å². The summed E-state index contributed by atoms with van der Waals surface area (Å²) in [6.45, 7) is 4.37. The molecule has 0 radical (unpaired) electrons. The molecule has 3 heteroatoms. The van der Waals surface area contributed by atoms with Crippen LogP contribution in [0, 0.1) is 0 Å². The summed E-state index contributed by atoms with van der Waals surface area (Å²) in [6, 6.07) is 7.61. The Morgan fingerprint density at radius 2 is 1.94 bits per heavy atom. The molecule has 0 saturated heterocycles. The van der Waals surface area contributed by atoms with Crippen molar-refractivity contribution >= 4 is 5.97 Å². The normalized spacial score (nSPS) is 14.3. The van der Waals surface area contributed by atoms with Gasteiger partial charge in [0.1, 0.15) is 6.04 Å². The maximum Gasteiger partial charge on any atom is 0.320 e. The Morgan fingerprint density at radius 3 is 2.41 bits per heavy atom. The zero-order chi connectivity index (χ0) is 12.8. The van der Waals surface area contributed by atoms with Gasteiger partial charge in [0.05, 0.1) is 0 Å². The summed E-state index contributed by atoms with van der Waals surface area (Å²) in [5.41, 5.74) is 7.94. The summed E-state index contributed by atoms with van der Waals surface area (Å²) < 4.78 is 0. The smallest absolute Gasteiger partial charge is 0.320 e. The summed E-state index contributed by atoms with van der Waals surface area (Å²) in [5, 5.41) is 8.68. The minimum Gasteiger partial charge on any atom is -0.480 e. The monoisotopic (exact) mass is 235 g/mol. The van der Waals surface area contributed by atoms with Crippen molar-refractivity contribution in [3.63, 3.8) is 0 Å². The Morgan fingerprint density at radius 1 is 1.35 bits per heavy atom. The lowest BCUT2D eigenvalue weighted by Crippen LogP contribution is -2.30. The lowest BCUT2D eigenvalue weighted by molar-refractivity contribution is -0.138. The molecule has 0 spiro atoms. The molecule has 3 nitrogen and oxygen atoms in total. The van der Waals surface area contributed by atoms with Crippen LogP contribution in [0.4, 0.5) is 0 Å². The molecule has 0 saturated carbocycles. The second kappa shape index (κ2) is 6.40. The Bertz CT molecular complexity index is 359. The number of hydrogen-bond donors (Lipinski definition) is 2. The van der Waals surface area contributed by atoms with E-state index in [9.17, 15) is 4.79 Å². The molecule has 2 unspecified atom stereocenters. The largest absolute Gasteiger partial charge is 0.480 e. The van der Waals surface area contributed by atoms with Crippen LogP contribution in [0.5, 0.6) is 0 Å². The van der Waals surface area contributed by atoms with E-state index in [1.54, 1.807) is 0 Å². The van der Waals surface area contributed by atoms with Crippen LogP contribution in [0.15, 0.2) is 24.3 Å². The van der Waals surface area contributed by atoms with Crippen LogP contribution in [0.3, 0.4) is 0 Å². The summed E-state index contributed by atoms with van der Waals surface area (Å²) in [4.78, 5) is 10.6. The van der Waals surface area contributed by atoms with Gasteiger partial charge < -0.3 is 10.8 Å². The highest BCUT2D eigenvalue weighted by atomic mass is 16.4. The van der Waals surface area contributed by atoms with Crippen LogP contribution >= 0.6 is 0 Å². The number of nitrogens with two attached hydrogens (primary N) is 1. The van der Waals surface area contributed by atoms with Gasteiger partial charge in [-0.15, -0.1) is 0 Å². The lowest BCUT2D eigenvalue weighted by Gasteiger charge is -2.10. The molecule has 0 aliphatic rings. The first-order chi connectivity index (χ1) is 8.04. The zero-order valence-electron chi connectivity index (χ0n) is 10.5. The van der Waals surface area contributed by atoms with Crippen LogP contribution < -0.4 is 5.73 Å². The molecule has 0 heterocycles. The highest BCUT2D eigenvalue weighted by molar-refractivity contribution is 5.73. The molecule has 0 aliphatic heterocycles. The molecule has 0 aliphatic carbocycles. The van der Waals surface area contributed by atoms with Crippen LogP contribution in [0.2, 0.25) is 0 Å². The molecular formula is C14H21NO2. The molecule has 0 aromatic heterocycles. The fourth-order valence-corrected chi connectivity index (χ4v) is 1.69. The van der Waals surface area contributed by atoms with Gasteiger partial charge in [0.2, 0.25) is 0 Å². The number of aliphatic carboxylic acids is 1. The molecule has 1 rings (SSSR count). The fourth-order valence-electron chi connectivity index (χ4n) is 1.69. The molecule has 0 fully saturated rings. The Kier molecular flexibility index (Phi) is 5.16. The van der Waals surface area contributed by atoms with Gasteiger partial charge >= 0.3 is 5.97 Å². The standard InChI is InChI=1S/C14H21NO2/c1-3-10(2)12-7-4-11(5-8-12)6-9-13(15)14(16)17/h4-5,7-8,10,13H,3,6,9,15H2,1-2H3,(H,16,17). The number of carbonyl (C=O) groups is 1. The van der Waals surface area contributed by atoms with Crippen LogP contribution in [-0.4, -0.2) is 17.1 Å². The van der Waals surface area contributed by atoms with Gasteiger partial charge in [-0.1, -0.05) is 38.1 Å². The Hall–Kier alpha value is -1.35. The van der Waals surface area contributed by atoms with Crippen molar-refractivity contribution in [2.24, 2.45) is 5.73 Å². The minimum absolute atomic E-state index is 0.484. The van der Waals surface area contributed by atoms with E-state index in [-0.39, 0.29) is 0 Å². The highest BCUT2D eigenvalue weighted by Gasteiger charge is 2.11. The maximum absolute atomic E-state index is 10.6. The molecule has 0 amide bonds. The first-order valence-electron chi connectivity index (χ1n) is 6.11. The second-order valence-electron chi connectivity index (χ2n) is 4.53. The first-order valence-corrected chi connectivity index (χ1v) is 6.11. The second-order valence-corrected chi connectivity index (χ2v) is 4.53. The molecule has 2 atom stereocenters. The summed E-state index contributed by atoms with van der Waals surface area (Å²) >= 11 is 0. The van der Waals surface area contributed by atoms with Crippen molar-refractivity contribution in [3.05, 3.63) is 35.4 Å². The SMILES string of the molecule is CCC(C)c1ccc(CCC(N)C(=O)O)cc1. The lowest BCUT2D eigenvalue weighted by atomic mass is 9.96. The number of carboxylic acids is 1. The van der Waals surface area contributed by atoms with E-state index < -0.39 is 12.0 Å². The van der Waals surface area contributed by atoms with E-state index in [2.05, 4.69) is 38.1 Å². The molecule has 17 heavy (non-hydrogen) atoms. The van der Waals surface area contributed by atoms with Crippen LogP contribution in [-0.2, 0) is 11.2 Å². The minimum atomic E-state index is -0.929. The van der Waals surface area contributed by atoms with Gasteiger partial charge in [0, 0.05) is 0 Å². The molecule has 94 valence electrons. The Labute approximate surface area is 103 Å². The van der Waals surface area contributed by atoms with Gasteiger partial charge in [-0.3, -0.25) is 4.79 Å². The average Bonchev–Trinajstić information content (AvgIpc) is 2.35. The number of carboxylic acid groups (broad SMARTS) is 1. The molecule has 0 bridgehead atoms. The molecule has 3 N–H and O–H groups in total. The Balaban J connectivity index is 2.54. The van der Waals surface area contributed by atoms with E-state index >= 15 is 0 Å². The van der Waals surface area contributed by atoms with Crippen molar-refractivity contribution in [1.29, 1.82) is 0 Å². The van der Waals surface area contributed by atoms with Crippen molar-refractivity contribution in [2.75, 3.05) is 0 Å². The van der Waals surface area contributed by atoms with Gasteiger partial charge in [-0.05, 0) is 36.3 Å². The summed E-state index contributed by atoms with van der Waals surface area (Å²) in [6.07, 6.45) is 2.33. The number of benzene rings is 1. The van der Waals surface area contributed by atoms with E-state index in [0.29, 0.717) is 18.8 Å². The topological polar surface area (TPSA) is 63.3 Å². The third-order valence-corrected chi connectivity index (χ3v) is 3.22. The van der Waals surface area contributed by atoms with E-state index in [1.165, 1.54) is 5.56 Å². The predicted molar refractivity (Wildman–Crippen MR) is 69.1 cm³/mol. The van der Waals surface area contributed by atoms with Crippen LogP contribution in [0.1, 0.15) is 43.7 Å². The quantitative estimate of drug-likeness (QED) is 0.796. The summed E-state index contributed by atoms with van der Waals surface area (Å²) in [7, 11) is 0. The summed E-state index contributed by atoms with van der Waals surface area (Å²) in [5.74, 6) is -0.355. The number of aryl methyl sites for hydroxylation is 1. The average molecular weight is 235 g/mol. The molecule has 1 aromatic carbocycles. The highest BCUT2D eigenvalue weighted by Crippen LogP contribution is 2.19. The van der Waals surface area contributed by atoms with Crippen molar-refractivity contribution in [2.45, 2.75) is 45.1 Å². The van der Waals surface area contributed by atoms with Gasteiger partial charge in [-0.25, -0.2) is 0 Å². The van der Waals surface area contributed by atoms with Gasteiger partial charge in [-0.2, -0.15) is 0 Å². The third kappa shape index (κ3) is 4.19. The maximum atomic E-state index is 10.6. The van der Waals surface area contributed by atoms with Gasteiger partial charge in [0.15, 0.2) is 0 Å². The number of rotatable bonds is 6. The van der Waals surface area contributed by atoms with Gasteiger partial charge in [0.25, 0.3) is 0 Å². The fraction of sp³-hybridized carbons (Fsp3) is 0.500. The van der Waals surface area contributed by atoms with E-state index in [0.717, 1.165) is 12.0 Å². The molecular weight excluding hydrogens is 214 g/mol. The first kappa shape index (κ1) is 13.7. The van der Waals surface area contributed by atoms with E-state index in [4.69, 9.17) is 10.8 Å². The van der Waals surface area contributed by atoms with Crippen LogP contribution in [0.25, 0.3) is 0 Å². The predicted octanol–water partition coefficient (Wildman–Crippen LogP) is 2.54. The van der Waals surface area contributed by atoms with Crippen molar-refractivity contribution in [3.8, 4) is 0 Å². The van der Waals surface area contributed by atoms with Crippen molar-refractivity contribution in [1.82, 2.24) is 0 Å².